The first kappa shape index (κ1) is 28.4. The van der Waals surface area contributed by atoms with Crippen molar-refractivity contribution in [2.75, 3.05) is 4.90 Å². The van der Waals surface area contributed by atoms with Gasteiger partial charge < -0.3 is 14.2 Å². The van der Waals surface area contributed by atoms with Gasteiger partial charge in [0.1, 0.15) is 0 Å². The minimum absolute atomic E-state index is 0.421. The fourth-order valence-electron chi connectivity index (χ4n) is 6.30. The third-order valence-corrected chi connectivity index (χ3v) is 9.46. The fourth-order valence-corrected chi connectivity index (χ4v) is 6.30. The Morgan fingerprint density at radius 2 is 0.841 bits per heavy atom. The number of hydrogen-bond donors (Lipinski definition) is 0. The van der Waals surface area contributed by atoms with Crippen LogP contribution in [0.2, 0.25) is 0 Å². The molecule has 7 rings (SSSR count). The molecule has 218 valence electrons. The molecule has 1 fully saturated rings. The van der Waals surface area contributed by atoms with Gasteiger partial charge in [-0.15, -0.1) is 0 Å². The molecule has 0 N–H and O–H groups in total. The van der Waals surface area contributed by atoms with Crippen LogP contribution in [-0.2, 0) is 9.31 Å². The average molecular weight is 576 g/mol. The molecule has 0 aromatic heterocycles. The summed E-state index contributed by atoms with van der Waals surface area (Å²) >= 11 is 0. The maximum Gasteiger partial charge on any atom is 0.496 e. The molecule has 0 saturated carbocycles. The summed E-state index contributed by atoms with van der Waals surface area (Å²) in [6.45, 7) is 12.7. The molecule has 1 heterocycles. The predicted molar refractivity (Wildman–Crippen MR) is 187 cm³/mol. The maximum atomic E-state index is 6.63. The molecule has 6 aromatic rings. The van der Waals surface area contributed by atoms with E-state index in [4.69, 9.17) is 9.31 Å². The Bertz CT molecular complexity index is 1860. The van der Waals surface area contributed by atoms with Crippen molar-refractivity contribution in [3.05, 3.63) is 132 Å². The largest absolute Gasteiger partial charge is 0.496 e. The van der Waals surface area contributed by atoms with Crippen molar-refractivity contribution in [2.24, 2.45) is 0 Å². The van der Waals surface area contributed by atoms with Gasteiger partial charge >= 0.3 is 7.12 Å². The summed E-state index contributed by atoms with van der Waals surface area (Å²) in [7, 11) is -0.455. The van der Waals surface area contributed by atoms with Crippen molar-refractivity contribution in [3.63, 3.8) is 0 Å². The number of aryl methyl sites for hydroxylation is 2. The second-order valence-corrected chi connectivity index (χ2v) is 13.0. The summed E-state index contributed by atoms with van der Waals surface area (Å²) in [5, 5.41) is 4.70. The van der Waals surface area contributed by atoms with E-state index in [0.717, 1.165) is 33.3 Å². The minimum atomic E-state index is -0.455. The van der Waals surface area contributed by atoms with Gasteiger partial charge in [0, 0.05) is 17.1 Å². The molecule has 44 heavy (non-hydrogen) atoms. The molecule has 1 aliphatic rings. The second-order valence-electron chi connectivity index (χ2n) is 13.0. The summed E-state index contributed by atoms with van der Waals surface area (Å²) in [5.41, 5.74) is 8.53. The third-order valence-electron chi connectivity index (χ3n) is 9.46. The van der Waals surface area contributed by atoms with Crippen molar-refractivity contribution >= 4 is 51.2 Å². The number of fused-ring (bicyclic) bond motifs is 2. The first-order valence-corrected chi connectivity index (χ1v) is 15.5. The van der Waals surface area contributed by atoms with Crippen LogP contribution in [0.25, 0.3) is 32.7 Å². The highest BCUT2D eigenvalue weighted by molar-refractivity contribution is 6.68. The van der Waals surface area contributed by atoms with E-state index >= 15 is 0 Å². The van der Waals surface area contributed by atoms with E-state index in [1.54, 1.807) is 0 Å². The van der Waals surface area contributed by atoms with E-state index < -0.39 is 18.3 Å². The van der Waals surface area contributed by atoms with Crippen molar-refractivity contribution in [3.8, 4) is 11.1 Å². The molecule has 0 amide bonds. The van der Waals surface area contributed by atoms with Crippen LogP contribution >= 0.6 is 0 Å². The van der Waals surface area contributed by atoms with Gasteiger partial charge in [-0.3, -0.25) is 0 Å². The number of benzene rings is 6. The highest BCUT2D eigenvalue weighted by atomic mass is 16.7. The molecular weight excluding hydrogens is 537 g/mol. The Hall–Kier alpha value is -4.38. The monoisotopic (exact) mass is 575 g/mol. The molecule has 0 atom stereocenters. The lowest BCUT2D eigenvalue weighted by Crippen LogP contribution is -2.41. The molecule has 1 aliphatic heterocycles. The highest BCUT2D eigenvalue weighted by Gasteiger charge is 2.52. The van der Waals surface area contributed by atoms with Crippen LogP contribution in [0, 0.1) is 13.8 Å². The van der Waals surface area contributed by atoms with E-state index in [2.05, 4.69) is 168 Å². The summed E-state index contributed by atoms with van der Waals surface area (Å²) in [6, 6.07) is 43.8. The fraction of sp³-hybridized carbons (Fsp3) is 0.200. The Morgan fingerprint density at radius 1 is 0.477 bits per heavy atom. The molecule has 6 aromatic carbocycles. The van der Waals surface area contributed by atoms with Gasteiger partial charge in [0.15, 0.2) is 0 Å². The zero-order chi connectivity index (χ0) is 30.6. The predicted octanol–water partition coefficient (Wildman–Crippen LogP) is 10.0. The van der Waals surface area contributed by atoms with E-state index in [0.29, 0.717) is 0 Å². The van der Waals surface area contributed by atoms with Crippen molar-refractivity contribution in [1.29, 1.82) is 0 Å². The zero-order valence-electron chi connectivity index (χ0n) is 26.4. The second kappa shape index (κ2) is 10.7. The van der Waals surface area contributed by atoms with Crippen LogP contribution in [-0.4, -0.2) is 18.3 Å². The normalized spacial score (nSPS) is 15.6. The average Bonchev–Trinajstić information content (AvgIpc) is 3.24. The summed E-state index contributed by atoms with van der Waals surface area (Å²) in [5.74, 6) is 0. The zero-order valence-corrected chi connectivity index (χ0v) is 26.4. The third kappa shape index (κ3) is 4.79. The summed E-state index contributed by atoms with van der Waals surface area (Å²) < 4.78 is 13.3. The van der Waals surface area contributed by atoms with Crippen molar-refractivity contribution < 1.29 is 9.31 Å². The first-order chi connectivity index (χ1) is 21.1. The van der Waals surface area contributed by atoms with Crippen molar-refractivity contribution in [2.45, 2.75) is 52.7 Å². The van der Waals surface area contributed by atoms with Crippen molar-refractivity contribution in [1.82, 2.24) is 0 Å². The first-order valence-electron chi connectivity index (χ1n) is 15.5. The molecule has 0 aliphatic carbocycles. The van der Waals surface area contributed by atoms with Gasteiger partial charge in [0.05, 0.1) is 11.2 Å². The number of anilines is 3. The van der Waals surface area contributed by atoms with Crippen LogP contribution in [0.15, 0.2) is 121 Å². The van der Waals surface area contributed by atoms with Crippen LogP contribution in [0.4, 0.5) is 17.1 Å². The summed E-state index contributed by atoms with van der Waals surface area (Å²) in [6.07, 6.45) is 0. The van der Waals surface area contributed by atoms with Gasteiger partial charge in [-0.1, -0.05) is 96.1 Å². The molecule has 0 unspecified atom stereocenters. The van der Waals surface area contributed by atoms with E-state index in [1.165, 1.54) is 33.0 Å². The smallest absolute Gasteiger partial charge is 0.399 e. The molecule has 3 nitrogen and oxygen atoms in total. The molecule has 1 saturated heterocycles. The Balaban J connectivity index is 1.39. The number of rotatable bonds is 5. The molecule has 4 heteroatoms. The molecule has 0 spiro atoms. The van der Waals surface area contributed by atoms with Gasteiger partial charge in [-0.25, -0.2) is 0 Å². The quantitative estimate of drug-likeness (QED) is 0.151. The SMILES string of the molecule is Cc1ccc(N(c2ccc(C)cc2)c2ccc(-c3c4ccccc4c(B4OC(C)(C)C(C)(C)O4)c4ccccc34)cc2)cc1. The minimum Gasteiger partial charge on any atom is -0.399 e. The highest BCUT2D eigenvalue weighted by Crippen LogP contribution is 2.42. The molecular formula is C40H38BNO2. The molecule has 0 bridgehead atoms. The molecule has 0 radical (unpaired) electrons. The van der Waals surface area contributed by atoms with Gasteiger partial charge in [-0.2, -0.15) is 0 Å². The van der Waals surface area contributed by atoms with E-state index in [-0.39, 0.29) is 0 Å². The standard InChI is InChI=1S/C40H38BNO2/c1-27-15-21-30(22-16-27)42(31-23-17-28(2)18-24-31)32-25-19-29(20-26-32)37-33-11-7-9-13-35(33)38(36-14-10-8-12-34(36)37)41-43-39(3,4)40(5,6)44-41/h7-26H,1-6H3. The topological polar surface area (TPSA) is 21.7 Å². The lowest BCUT2D eigenvalue weighted by Gasteiger charge is -2.32. The van der Waals surface area contributed by atoms with Crippen LogP contribution < -0.4 is 10.4 Å². The lowest BCUT2D eigenvalue weighted by atomic mass is 9.71. The van der Waals surface area contributed by atoms with Crippen LogP contribution in [0.3, 0.4) is 0 Å². The van der Waals surface area contributed by atoms with E-state index in [9.17, 15) is 0 Å². The number of nitrogens with zero attached hydrogens (tertiary/aromatic N) is 1. The van der Waals surface area contributed by atoms with E-state index in [1.807, 2.05) is 0 Å². The summed E-state index contributed by atoms with van der Waals surface area (Å²) in [4.78, 5) is 2.32. The maximum absolute atomic E-state index is 6.63. The van der Waals surface area contributed by atoms with Crippen LogP contribution in [0.5, 0.6) is 0 Å². The lowest BCUT2D eigenvalue weighted by molar-refractivity contribution is 0.00578. The Morgan fingerprint density at radius 3 is 1.25 bits per heavy atom. The number of hydrogen-bond acceptors (Lipinski definition) is 3. The van der Waals surface area contributed by atoms with Gasteiger partial charge in [0.25, 0.3) is 0 Å². The Kier molecular flexibility index (Phi) is 6.88. The van der Waals surface area contributed by atoms with Gasteiger partial charge in [0.2, 0.25) is 0 Å². The Labute approximate surface area is 261 Å². The van der Waals surface area contributed by atoms with Gasteiger partial charge in [-0.05, 0) is 116 Å². The van der Waals surface area contributed by atoms with Crippen LogP contribution in [0.1, 0.15) is 38.8 Å².